The number of amides is 2. The highest BCUT2D eigenvalue weighted by Crippen LogP contribution is 2.39. The van der Waals surface area contributed by atoms with Crippen LogP contribution in [0.1, 0.15) is 58.7 Å². The Morgan fingerprint density at radius 3 is 2.26 bits per heavy atom. The summed E-state index contributed by atoms with van der Waals surface area (Å²) in [6, 6.07) is 5.10. The van der Waals surface area contributed by atoms with Crippen LogP contribution in [-0.4, -0.2) is 79.5 Å². The topological polar surface area (TPSA) is 182 Å². The van der Waals surface area contributed by atoms with Gasteiger partial charge in [-0.15, -0.1) is 0 Å². The van der Waals surface area contributed by atoms with Crippen molar-refractivity contribution in [3.05, 3.63) is 64.4 Å². The number of carbonyl (C=O) groups is 3. The molecule has 5 rings (SSSR count). The second-order valence-electron chi connectivity index (χ2n) is 12.4. The van der Waals surface area contributed by atoms with Crippen LogP contribution in [-0.2, 0) is 26.8 Å². The summed E-state index contributed by atoms with van der Waals surface area (Å²) in [6.07, 6.45) is 0.802. The van der Waals surface area contributed by atoms with Gasteiger partial charge in [0, 0.05) is 63.0 Å². The molecule has 1 saturated heterocycles. The minimum atomic E-state index is -4.36. The Kier molecular flexibility index (Phi) is 8.55. The first kappa shape index (κ1) is 32.8. The molecule has 13 nitrogen and oxygen atoms in total. The normalized spacial score (nSPS) is 17.0. The van der Waals surface area contributed by atoms with E-state index in [1.807, 2.05) is 4.90 Å². The van der Waals surface area contributed by atoms with Gasteiger partial charge in [0.25, 0.3) is 5.91 Å². The van der Waals surface area contributed by atoms with Gasteiger partial charge >= 0.3 is 5.97 Å². The number of piperidine rings is 1. The van der Waals surface area contributed by atoms with Gasteiger partial charge in [-0.2, -0.15) is 9.40 Å². The molecule has 0 saturated carbocycles. The van der Waals surface area contributed by atoms with Crippen LogP contribution in [0.15, 0.2) is 35.2 Å². The molecule has 2 aromatic carbocycles. The van der Waals surface area contributed by atoms with Crippen LogP contribution in [0, 0.1) is 17.6 Å². The molecule has 0 bridgehead atoms. The van der Waals surface area contributed by atoms with Gasteiger partial charge in [-0.1, -0.05) is 13.8 Å². The van der Waals surface area contributed by atoms with Crippen molar-refractivity contribution in [2.45, 2.75) is 43.5 Å². The number of primary amides is 1. The van der Waals surface area contributed by atoms with Crippen molar-refractivity contribution < 1.29 is 36.7 Å². The van der Waals surface area contributed by atoms with Gasteiger partial charge in [0.15, 0.2) is 5.82 Å². The monoisotopic (exact) mass is 659 g/mol. The number of nitrogens with zero attached hydrogens (tertiary/aromatic N) is 4. The number of H-pyrrole nitrogens is 1. The molecule has 2 aliphatic heterocycles. The molecule has 16 heteroatoms. The number of anilines is 3. The maximum atomic E-state index is 13.9. The summed E-state index contributed by atoms with van der Waals surface area (Å²) in [5.74, 6) is -5.00. The van der Waals surface area contributed by atoms with E-state index < -0.39 is 55.7 Å². The average Bonchev–Trinajstić information content (AvgIpc) is 3.39. The van der Waals surface area contributed by atoms with Gasteiger partial charge in [-0.05, 0) is 37.1 Å². The van der Waals surface area contributed by atoms with E-state index in [0.717, 1.165) is 16.4 Å². The highest BCUT2D eigenvalue weighted by Gasteiger charge is 2.41. The number of carboxylic acid groups (broad SMARTS) is 1. The van der Waals surface area contributed by atoms with Gasteiger partial charge in [0.05, 0.1) is 33.3 Å². The van der Waals surface area contributed by atoms with Crippen molar-refractivity contribution in [1.82, 2.24) is 14.5 Å². The van der Waals surface area contributed by atoms with E-state index in [1.165, 1.54) is 12.1 Å². The third-order valence-corrected chi connectivity index (χ3v) is 10.2. The molecule has 246 valence electrons. The van der Waals surface area contributed by atoms with Gasteiger partial charge in [-0.25, -0.2) is 17.2 Å². The molecule has 0 aliphatic carbocycles. The van der Waals surface area contributed by atoms with E-state index in [4.69, 9.17) is 5.73 Å². The van der Waals surface area contributed by atoms with E-state index in [0.29, 0.717) is 54.6 Å². The maximum Gasteiger partial charge on any atom is 0.306 e. The molecule has 0 spiro atoms. The summed E-state index contributed by atoms with van der Waals surface area (Å²) in [4.78, 5) is 41.0. The summed E-state index contributed by atoms with van der Waals surface area (Å²) in [7, 11) is -0.830. The second-order valence-corrected chi connectivity index (χ2v) is 14.3. The van der Waals surface area contributed by atoms with Crippen LogP contribution in [0.5, 0.6) is 0 Å². The largest absolute Gasteiger partial charge is 0.481 e. The quantitative estimate of drug-likeness (QED) is 0.283. The molecule has 2 aliphatic rings. The summed E-state index contributed by atoms with van der Waals surface area (Å²) in [5, 5.41) is 19.2. The summed E-state index contributed by atoms with van der Waals surface area (Å²) in [5.41, 5.74) is 6.84. The van der Waals surface area contributed by atoms with Crippen molar-refractivity contribution in [3.63, 3.8) is 0 Å². The van der Waals surface area contributed by atoms with Crippen LogP contribution in [0.2, 0.25) is 0 Å². The second kappa shape index (κ2) is 12.0. The number of carbonyl (C=O) groups excluding carboxylic acids is 2. The van der Waals surface area contributed by atoms with Gasteiger partial charge < -0.3 is 26.0 Å². The summed E-state index contributed by atoms with van der Waals surface area (Å²) >= 11 is 0. The molecule has 0 atom stereocenters. The fourth-order valence-electron chi connectivity index (χ4n) is 6.05. The van der Waals surface area contributed by atoms with Crippen molar-refractivity contribution in [2.75, 3.05) is 48.8 Å². The molecular formula is C30H35F2N7O6S. The molecule has 46 heavy (non-hydrogen) atoms. The number of halogens is 2. The Morgan fingerprint density at radius 1 is 1.07 bits per heavy atom. The van der Waals surface area contributed by atoms with Gasteiger partial charge in [0.1, 0.15) is 11.6 Å². The number of nitrogens with one attached hydrogen (secondary N) is 2. The lowest BCUT2D eigenvalue weighted by Gasteiger charge is -2.37. The number of aromatic nitrogens is 2. The van der Waals surface area contributed by atoms with E-state index in [1.54, 1.807) is 32.8 Å². The molecule has 3 aromatic rings. The van der Waals surface area contributed by atoms with Crippen molar-refractivity contribution in [3.8, 4) is 0 Å². The molecule has 1 aromatic heterocycles. The minimum Gasteiger partial charge on any atom is -0.481 e. The predicted octanol–water partition coefficient (Wildman–Crippen LogP) is 2.89. The zero-order chi connectivity index (χ0) is 33.7. The van der Waals surface area contributed by atoms with Crippen molar-refractivity contribution in [1.29, 1.82) is 0 Å². The van der Waals surface area contributed by atoms with Gasteiger partial charge in [-0.3, -0.25) is 19.5 Å². The standard InChI is InChI=1S/C30H35F2N7O6S/c1-30(2)15-39(46(44,45)19-10-17(31)9-18(32)11-19)14-22-25(30)35-36-27(22)34-28(41)21-13-24(23(37(3)4)12-20(21)26(33)40)38-7-5-16(6-8-38)29(42)43/h9-13,16H,5-8,14-15H2,1-4H3,(H2,33,40)(H,42,43)(H2,34,35,36,41). The average molecular weight is 660 g/mol. The van der Waals surface area contributed by atoms with Crippen LogP contribution >= 0.6 is 0 Å². The Balaban J connectivity index is 1.50. The number of sulfonamides is 1. The lowest BCUT2D eigenvalue weighted by Crippen LogP contribution is -2.45. The zero-order valence-electron chi connectivity index (χ0n) is 25.7. The van der Waals surface area contributed by atoms with Crippen LogP contribution < -0.4 is 20.9 Å². The SMILES string of the molecule is CN(C)c1cc(C(N)=O)c(C(=O)Nc2n[nH]c3c2CN(S(=O)(=O)c2cc(F)cc(F)c2)CC3(C)C)cc1N1CCC(C(=O)O)CC1. The van der Waals surface area contributed by atoms with E-state index in [9.17, 15) is 36.7 Å². The number of hydrogen-bond donors (Lipinski definition) is 4. The van der Waals surface area contributed by atoms with E-state index in [2.05, 4.69) is 15.5 Å². The van der Waals surface area contributed by atoms with E-state index in [-0.39, 0.29) is 30.0 Å². The van der Waals surface area contributed by atoms with E-state index >= 15 is 0 Å². The molecule has 0 radical (unpaired) electrons. The number of aliphatic carboxylic acids is 1. The molecule has 1 fully saturated rings. The number of fused-ring (bicyclic) bond motifs is 1. The predicted molar refractivity (Wildman–Crippen MR) is 165 cm³/mol. The van der Waals surface area contributed by atoms with Crippen molar-refractivity contribution in [2.24, 2.45) is 11.7 Å². The fraction of sp³-hybridized carbons (Fsp3) is 0.400. The number of carboxylic acids is 1. The van der Waals surface area contributed by atoms with Crippen LogP contribution in [0.4, 0.5) is 26.0 Å². The highest BCUT2D eigenvalue weighted by atomic mass is 32.2. The zero-order valence-corrected chi connectivity index (χ0v) is 26.5. The Bertz CT molecular complexity index is 1810. The Morgan fingerprint density at radius 2 is 1.70 bits per heavy atom. The lowest BCUT2D eigenvalue weighted by molar-refractivity contribution is -0.142. The highest BCUT2D eigenvalue weighted by molar-refractivity contribution is 7.89. The Labute approximate surface area is 264 Å². The third kappa shape index (κ3) is 6.13. The number of benzene rings is 2. The first-order chi connectivity index (χ1) is 21.5. The van der Waals surface area contributed by atoms with Crippen LogP contribution in [0.3, 0.4) is 0 Å². The minimum absolute atomic E-state index is 0.00864. The first-order valence-electron chi connectivity index (χ1n) is 14.5. The number of rotatable bonds is 8. The molecule has 0 unspecified atom stereocenters. The summed E-state index contributed by atoms with van der Waals surface area (Å²) < 4.78 is 55.9. The summed E-state index contributed by atoms with van der Waals surface area (Å²) in [6.45, 7) is 4.03. The van der Waals surface area contributed by atoms with Gasteiger partial charge in [0.2, 0.25) is 15.9 Å². The van der Waals surface area contributed by atoms with Crippen LogP contribution in [0.25, 0.3) is 0 Å². The Hall–Kier alpha value is -4.57. The number of aromatic amines is 1. The lowest BCUT2D eigenvalue weighted by atomic mass is 9.84. The fourth-order valence-corrected chi connectivity index (χ4v) is 7.67. The third-order valence-electron chi connectivity index (χ3n) is 8.45. The number of hydrogen-bond acceptors (Lipinski definition) is 8. The first-order valence-corrected chi connectivity index (χ1v) is 15.9. The van der Waals surface area contributed by atoms with Crippen molar-refractivity contribution >= 4 is 45.0 Å². The molecule has 3 heterocycles. The molecular weight excluding hydrogens is 624 g/mol. The maximum absolute atomic E-state index is 13.9. The molecule has 5 N–H and O–H groups in total. The smallest absolute Gasteiger partial charge is 0.306 e. The molecule has 2 amide bonds. The number of nitrogens with two attached hydrogens (primary N) is 1.